The second-order valence-electron chi connectivity index (χ2n) is 6.02. The minimum Gasteiger partial charge on any atom is -0.439 e. The molecule has 3 nitrogen and oxygen atoms in total. The molecule has 1 atom stereocenters. The van der Waals surface area contributed by atoms with Gasteiger partial charge in [0.05, 0.1) is 8.80 Å². The highest BCUT2D eigenvalue weighted by molar-refractivity contribution is 6.79. The molecule has 0 heterocycles. The number of hydrogen-bond acceptors (Lipinski definition) is 3. The molecule has 0 saturated heterocycles. The fraction of sp³-hybridized carbons (Fsp3) is 1.00. The van der Waals surface area contributed by atoms with Crippen LogP contribution >= 0.6 is 0 Å². The van der Waals surface area contributed by atoms with Gasteiger partial charge in [-0.15, -0.1) is 0 Å². The van der Waals surface area contributed by atoms with Crippen LogP contribution in [-0.4, -0.2) is 41.2 Å². The van der Waals surface area contributed by atoms with Crippen molar-refractivity contribution in [3.05, 3.63) is 0 Å². The molecular weight excluding hydrogens is 268 g/mol. The Balaban J connectivity index is 4.04. The van der Waals surface area contributed by atoms with Crippen LogP contribution in [0.1, 0.15) is 0 Å². The van der Waals surface area contributed by atoms with E-state index in [-0.39, 0.29) is 0 Å². The molecule has 0 N–H and O–H groups in total. The molecule has 7 heteroatoms. The maximum Gasteiger partial charge on any atom is 0.322 e. The maximum absolute atomic E-state index is 6.05. The Morgan fingerprint density at radius 2 is 1.38 bits per heavy atom. The lowest BCUT2D eigenvalue weighted by atomic mass is 11.7. The molecule has 16 heavy (non-hydrogen) atoms. The van der Waals surface area contributed by atoms with Gasteiger partial charge in [-0.3, -0.25) is 0 Å². The highest BCUT2D eigenvalue weighted by atomic mass is 28.5. The fourth-order valence-electron chi connectivity index (χ4n) is 1.32. The largest absolute Gasteiger partial charge is 0.439 e. The van der Waals surface area contributed by atoms with E-state index in [1.165, 1.54) is 0 Å². The molecule has 0 rings (SSSR count). The first kappa shape index (κ1) is 16.7. The molecule has 0 amide bonds. The van der Waals surface area contributed by atoms with Crippen molar-refractivity contribution in [2.24, 2.45) is 0 Å². The normalized spacial score (nSPS) is 15.6. The molecule has 0 aromatic rings. The molecule has 0 fully saturated rings. The van der Waals surface area contributed by atoms with Gasteiger partial charge >= 0.3 is 8.56 Å². The Labute approximate surface area is 106 Å². The molecule has 0 bridgehead atoms. The van der Waals surface area contributed by atoms with Crippen molar-refractivity contribution in [2.75, 3.05) is 6.23 Å². The van der Waals surface area contributed by atoms with Gasteiger partial charge in [-0.05, 0) is 39.3 Å². The van der Waals surface area contributed by atoms with Crippen molar-refractivity contribution < 1.29 is 12.7 Å². The van der Waals surface area contributed by atoms with Gasteiger partial charge in [0.2, 0.25) is 0 Å². The summed E-state index contributed by atoms with van der Waals surface area (Å²) in [5.41, 5.74) is 0. The molecule has 98 valence electrons. The van der Waals surface area contributed by atoms with Gasteiger partial charge in [-0.2, -0.15) is 0 Å². The zero-order chi connectivity index (χ0) is 13.0. The summed E-state index contributed by atoms with van der Waals surface area (Å²) in [6.07, 6.45) is 0.924. The Hall–Kier alpha value is 0.748. The van der Waals surface area contributed by atoms with Gasteiger partial charge < -0.3 is 12.7 Å². The van der Waals surface area contributed by atoms with E-state index in [1.54, 1.807) is 0 Å². The summed E-state index contributed by atoms with van der Waals surface area (Å²) in [4.78, 5) is 0. The molecule has 1 unspecified atom stereocenters. The van der Waals surface area contributed by atoms with Crippen LogP contribution in [0, 0.1) is 0 Å². The Kier molecular flexibility index (Phi) is 6.93. The average Bonchev–Trinajstić information content (AvgIpc) is 1.95. The third-order valence-corrected chi connectivity index (χ3v) is 11.5. The van der Waals surface area contributed by atoms with E-state index in [1.807, 2.05) is 0 Å². The first-order chi connectivity index (χ1) is 7.02. The smallest absolute Gasteiger partial charge is 0.322 e. The topological polar surface area (TPSA) is 27.7 Å². The summed E-state index contributed by atoms with van der Waals surface area (Å²) in [6.45, 7) is 17.6. The van der Waals surface area contributed by atoms with Crippen molar-refractivity contribution in [1.29, 1.82) is 0 Å². The van der Waals surface area contributed by atoms with Crippen LogP contribution in [0.25, 0.3) is 0 Å². The van der Waals surface area contributed by atoms with Crippen LogP contribution in [-0.2, 0) is 12.7 Å². The average molecular weight is 297 g/mol. The van der Waals surface area contributed by atoms with Crippen molar-refractivity contribution in [2.45, 2.75) is 52.4 Å². The summed E-state index contributed by atoms with van der Waals surface area (Å²) in [5, 5.41) is 0. The third-order valence-electron chi connectivity index (χ3n) is 1.73. The third kappa shape index (κ3) is 9.94. The van der Waals surface area contributed by atoms with Gasteiger partial charge in [0.25, 0.3) is 9.28 Å². The minimum absolute atomic E-state index is 0.642. The van der Waals surface area contributed by atoms with Crippen LogP contribution in [0.3, 0.4) is 0 Å². The van der Waals surface area contributed by atoms with Gasteiger partial charge in [0.15, 0.2) is 8.32 Å². The van der Waals surface area contributed by atoms with Crippen molar-refractivity contribution >= 4 is 35.0 Å². The molecule has 0 radical (unpaired) electrons. The molecule has 0 aromatic heterocycles. The van der Waals surface area contributed by atoms with E-state index >= 15 is 0 Å². The van der Waals surface area contributed by atoms with Crippen molar-refractivity contribution in [3.63, 3.8) is 0 Å². The Morgan fingerprint density at radius 1 is 0.875 bits per heavy atom. The lowest BCUT2D eigenvalue weighted by Gasteiger charge is -2.30. The SMILES string of the molecule is C[SiH](C)CO[Si](C)(C)O[SiH](C)O[Si](C)(C)C. The molecule has 0 aromatic carbocycles. The van der Waals surface area contributed by atoms with Crippen LogP contribution in [0.15, 0.2) is 0 Å². The Bertz CT molecular complexity index is 203. The standard InChI is InChI=1S/C9H28O3Si4/c1-13(2)9-10-16(7,8)12-14(3)11-15(4,5)6/h13-14H,9H2,1-8H3. The fourth-order valence-corrected chi connectivity index (χ4v) is 12.3. The molecule has 0 aliphatic heterocycles. The van der Waals surface area contributed by atoms with E-state index in [4.69, 9.17) is 12.7 Å². The molecule has 0 aliphatic rings. The zero-order valence-corrected chi connectivity index (χ0v) is 16.4. The van der Waals surface area contributed by atoms with Gasteiger partial charge in [-0.1, -0.05) is 13.1 Å². The second-order valence-corrected chi connectivity index (χ2v) is 19.5. The van der Waals surface area contributed by atoms with E-state index in [2.05, 4.69) is 52.4 Å². The number of hydrogen-bond donors (Lipinski definition) is 0. The van der Waals surface area contributed by atoms with Crippen LogP contribution in [0.2, 0.25) is 52.4 Å². The van der Waals surface area contributed by atoms with Gasteiger partial charge in [0.1, 0.15) is 0 Å². The zero-order valence-electron chi connectivity index (χ0n) is 12.1. The lowest BCUT2D eigenvalue weighted by Crippen LogP contribution is -2.46. The van der Waals surface area contributed by atoms with Gasteiger partial charge in [0, 0.05) is 6.23 Å². The number of rotatable bonds is 7. The summed E-state index contributed by atoms with van der Waals surface area (Å²) in [6, 6.07) is 0. The summed E-state index contributed by atoms with van der Waals surface area (Å²) in [5.74, 6) is 0. The molecule has 0 saturated carbocycles. The van der Waals surface area contributed by atoms with E-state index in [0.29, 0.717) is 0 Å². The van der Waals surface area contributed by atoms with Crippen LogP contribution in [0.4, 0.5) is 0 Å². The first-order valence-corrected chi connectivity index (χ1v) is 17.5. The summed E-state index contributed by atoms with van der Waals surface area (Å²) < 4.78 is 18.0. The van der Waals surface area contributed by atoms with E-state index in [0.717, 1.165) is 6.23 Å². The highest BCUT2D eigenvalue weighted by Crippen LogP contribution is 2.13. The van der Waals surface area contributed by atoms with Crippen LogP contribution in [0.5, 0.6) is 0 Å². The lowest BCUT2D eigenvalue weighted by molar-refractivity contribution is 0.275. The minimum atomic E-state index is -1.94. The first-order valence-electron chi connectivity index (χ1n) is 6.01. The molecule has 0 aliphatic carbocycles. The van der Waals surface area contributed by atoms with E-state index in [9.17, 15) is 0 Å². The van der Waals surface area contributed by atoms with Crippen LogP contribution < -0.4 is 0 Å². The predicted molar refractivity (Wildman–Crippen MR) is 80.8 cm³/mol. The monoisotopic (exact) mass is 296 g/mol. The summed E-state index contributed by atoms with van der Waals surface area (Å²) >= 11 is 0. The van der Waals surface area contributed by atoms with Crippen molar-refractivity contribution in [1.82, 2.24) is 0 Å². The molecular formula is C9H28O3Si4. The second kappa shape index (κ2) is 6.62. The predicted octanol–water partition coefficient (Wildman–Crippen LogP) is 2.45. The summed E-state index contributed by atoms with van der Waals surface area (Å²) in [7, 11) is -5.53. The molecule has 0 spiro atoms. The van der Waals surface area contributed by atoms with E-state index < -0.39 is 35.0 Å². The highest BCUT2D eigenvalue weighted by Gasteiger charge is 2.30. The Morgan fingerprint density at radius 3 is 1.75 bits per heavy atom. The van der Waals surface area contributed by atoms with Crippen molar-refractivity contribution in [3.8, 4) is 0 Å². The maximum atomic E-state index is 6.05. The van der Waals surface area contributed by atoms with Gasteiger partial charge in [-0.25, -0.2) is 0 Å². The quantitative estimate of drug-likeness (QED) is 0.676.